The van der Waals surface area contributed by atoms with Gasteiger partial charge in [0.25, 0.3) is 0 Å². The van der Waals surface area contributed by atoms with Crippen LogP contribution in [0.3, 0.4) is 0 Å². The van der Waals surface area contributed by atoms with Crippen molar-refractivity contribution >= 4 is 0 Å². The number of rotatable bonds is 3. The van der Waals surface area contributed by atoms with Crippen LogP contribution in [0.1, 0.15) is 30.9 Å². The molecule has 0 aliphatic carbocycles. The highest BCUT2D eigenvalue weighted by Gasteiger charge is 2.24. The predicted molar refractivity (Wildman–Crippen MR) is 57.4 cm³/mol. The van der Waals surface area contributed by atoms with Crippen molar-refractivity contribution in [3.05, 3.63) is 24.3 Å². The van der Waals surface area contributed by atoms with Crippen molar-refractivity contribution in [3.8, 4) is 0 Å². The molecule has 0 spiro atoms. The molecule has 2 heterocycles. The van der Waals surface area contributed by atoms with Gasteiger partial charge < -0.3 is 10.1 Å². The van der Waals surface area contributed by atoms with Crippen LogP contribution in [0.25, 0.3) is 0 Å². The van der Waals surface area contributed by atoms with Crippen LogP contribution in [0.5, 0.6) is 0 Å². The molecule has 1 aliphatic rings. The Morgan fingerprint density at radius 1 is 1.40 bits per heavy atom. The maximum Gasteiger partial charge on any atom is 0.115 e. The van der Waals surface area contributed by atoms with E-state index in [4.69, 9.17) is 4.74 Å². The van der Waals surface area contributed by atoms with Gasteiger partial charge in [0.1, 0.15) is 6.33 Å². The quantitative estimate of drug-likeness (QED) is 0.811. The van der Waals surface area contributed by atoms with Gasteiger partial charge in [0, 0.05) is 24.6 Å². The molecule has 0 saturated carbocycles. The molecular formula is C11H17N3O. The fourth-order valence-corrected chi connectivity index (χ4v) is 2.07. The zero-order valence-corrected chi connectivity index (χ0v) is 9.02. The third-order valence-corrected chi connectivity index (χ3v) is 2.84. The topological polar surface area (TPSA) is 47.0 Å². The van der Waals surface area contributed by atoms with Crippen LogP contribution in [0.2, 0.25) is 0 Å². The van der Waals surface area contributed by atoms with E-state index in [1.807, 2.05) is 19.4 Å². The molecular weight excluding hydrogens is 190 g/mol. The summed E-state index contributed by atoms with van der Waals surface area (Å²) < 4.78 is 5.77. The molecule has 2 unspecified atom stereocenters. The third-order valence-electron chi connectivity index (χ3n) is 2.84. The Hall–Kier alpha value is -1.00. The van der Waals surface area contributed by atoms with Crippen LogP contribution in [-0.4, -0.2) is 29.7 Å². The minimum absolute atomic E-state index is 0.214. The number of nitrogens with zero attached hydrogens (tertiary/aromatic N) is 2. The lowest BCUT2D eigenvalue weighted by molar-refractivity contribution is -0.00675. The number of ether oxygens (including phenoxy) is 1. The van der Waals surface area contributed by atoms with Crippen molar-refractivity contribution in [1.29, 1.82) is 0 Å². The van der Waals surface area contributed by atoms with E-state index in [1.165, 1.54) is 12.8 Å². The SMILES string of the molecule is CNC(c1cncnc1)C1CCCCO1. The van der Waals surface area contributed by atoms with Gasteiger partial charge in [-0.3, -0.25) is 0 Å². The summed E-state index contributed by atoms with van der Waals surface area (Å²) in [7, 11) is 1.95. The van der Waals surface area contributed by atoms with E-state index in [2.05, 4.69) is 15.3 Å². The van der Waals surface area contributed by atoms with Gasteiger partial charge in [-0.05, 0) is 26.3 Å². The molecule has 1 aliphatic heterocycles. The van der Waals surface area contributed by atoms with Crippen molar-refractivity contribution in [1.82, 2.24) is 15.3 Å². The average Bonchev–Trinajstić information content (AvgIpc) is 2.33. The Bertz CT molecular complexity index is 285. The van der Waals surface area contributed by atoms with Crippen LogP contribution in [0, 0.1) is 0 Å². The Kier molecular flexibility index (Phi) is 3.64. The summed E-state index contributed by atoms with van der Waals surface area (Å²) in [4.78, 5) is 8.08. The monoisotopic (exact) mass is 207 g/mol. The summed E-state index contributed by atoms with van der Waals surface area (Å²) in [6.45, 7) is 0.872. The first-order valence-electron chi connectivity index (χ1n) is 5.45. The lowest BCUT2D eigenvalue weighted by Gasteiger charge is -2.30. The van der Waals surface area contributed by atoms with Gasteiger partial charge in [0.05, 0.1) is 12.1 Å². The molecule has 2 rings (SSSR count). The molecule has 1 saturated heterocycles. The summed E-state index contributed by atoms with van der Waals surface area (Å²) >= 11 is 0. The van der Waals surface area contributed by atoms with Gasteiger partial charge >= 0.3 is 0 Å². The average molecular weight is 207 g/mol. The molecule has 4 nitrogen and oxygen atoms in total. The van der Waals surface area contributed by atoms with Crippen molar-refractivity contribution in [2.75, 3.05) is 13.7 Å². The van der Waals surface area contributed by atoms with E-state index in [9.17, 15) is 0 Å². The van der Waals surface area contributed by atoms with E-state index in [0.717, 1.165) is 18.6 Å². The smallest absolute Gasteiger partial charge is 0.115 e. The maximum atomic E-state index is 5.77. The fraction of sp³-hybridized carbons (Fsp3) is 0.636. The Morgan fingerprint density at radius 3 is 2.80 bits per heavy atom. The first-order valence-corrected chi connectivity index (χ1v) is 5.45. The number of hydrogen-bond acceptors (Lipinski definition) is 4. The van der Waals surface area contributed by atoms with Crippen molar-refractivity contribution in [2.45, 2.75) is 31.4 Å². The van der Waals surface area contributed by atoms with E-state index in [0.29, 0.717) is 0 Å². The van der Waals surface area contributed by atoms with Gasteiger partial charge in [-0.1, -0.05) is 0 Å². The third kappa shape index (κ3) is 2.52. The Labute approximate surface area is 90.1 Å². The molecule has 15 heavy (non-hydrogen) atoms. The minimum atomic E-state index is 0.214. The molecule has 4 heteroatoms. The first-order chi connectivity index (χ1) is 7.42. The van der Waals surface area contributed by atoms with Gasteiger partial charge in [0.2, 0.25) is 0 Å². The lowest BCUT2D eigenvalue weighted by Crippen LogP contribution is -2.34. The van der Waals surface area contributed by atoms with Crippen LogP contribution >= 0.6 is 0 Å². The first kappa shape index (κ1) is 10.5. The molecule has 1 aromatic rings. The van der Waals surface area contributed by atoms with Gasteiger partial charge in [0.15, 0.2) is 0 Å². The summed E-state index contributed by atoms with van der Waals surface area (Å²) in [5, 5.41) is 3.28. The highest BCUT2D eigenvalue weighted by atomic mass is 16.5. The van der Waals surface area contributed by atoms with Crippen LogP contribution in [0.4, 0.5) is 0 Å². The van der Waals surface area contributed by atoms with Gasteiger partial charge in [-0.15, -0.1) is 0 Å². The second-order valence-electron chi connectivity index (χ2n) is 3.84. The van der Waals surface area contributed by atoms with E-state index in [-0.39, 0.29) is 12.1 Å². The molecule has 2 atom stereocenters. The minimum Gasteiger partial charge on any atom is -0.376 e. The van der Waals surface area contributed by atoms with E-state index >= 15 is 0 Å². The van der Waals surface area contributed by atoms with Crippen molar-refractivity contribution in [3.63, 3.8) is 0 Å². The zero-order chi connectivity index (χ0) is 10.5. The van der Waals surface area contributed by atoms with Gasteiger partial charge in [-0.25, -0.2) is 9.97 Å². The predicted octanol–water partition coefficient (Wildman–Crippen LogP) is 1.31. The van der Waals surface area contributed by atoms with Crippen LogP contribution in [0.15, 0.2) is 18.7 Å². The van der Waals surface area contributed by atoms with Crippen LogP contribution in [-0.2, 0) is 4.74 Å². The molecule has 0 amide bonds. The highest BCUT2D eigenvalue weighted by molar-refractivity contribution is 5.11. The zero-order valence-electron chi connectivity index (χ0n) is 9.02. The maximum absolute atomic E-state index is 5.77. The van der Waals surface area contributed by atoms with Gasteiger partial charge in [-0.2, -0.15) is 0 Å². The van der Waals surface area contributed by atoms with Crippen molar-refractivity contribution < 1.29 is 4.74 Å². The largest absolute Gasteiger partial charge is 0.376 e. The molecule has 1 fully saturated rings. The molecule has 0 radical (unpaired) electrons. The number of nitrogens with one attached hydrogen (secondary N) is 1. The van der Waals surface area contributed by atoms with E-state index in [1.54, 1.807) is 6.33 Å². The second-order valence-corrected chi connectivity index (χ2v) is 3.84. The Balaban J connectivity index is 2.09. The second kappa shape index (κ2) is 5.19. The number of likely N-dealkylation sites (N-methyl/N-ethyl adjacent to an activating group) is 1. The normalized spacial score (nSPS) is 23.7. The molecule has 1 aromatic heterocycles. The van der Waals surface area contributed by atoms with Crippen LogP contribution < -0.4 is 5.32 Å². The summed E-state index contributed by atoms with van der Waals surface area (Å²) in [5.41, 5.74) is 1.10. The van der Waals surface area contributed by atoms with Crippen molar-refractivity contribution in [2.24, 2.45) is 0 Å². The molecule has 0 aromatic carbocycles. The molecule has 1 N–H and O–H groups in total. The summed E-state index contributed by atoms with van der Waals surface area (Å²) in [5.74, 6) is 0. The number of hydrogen-bond donors (Lipinski definition) is 1. The lowest BCUT2D eigenvalue weighted by atomic mass is 9.98. The summed E-state index contributed by atoms with van der Waals surface area (Å²) in [6, 6.07) is 0.214. The number of aromatic nitrogens is 2. The Morgan fingerprint density at radius 2 is 2.20 bits per heavy atom. The fourth-order valence-electron chi connectivity index (χ4n) is 2.07. The van der Waals surface area contributed by atoms with E-state index < -0.39 is 0 Å². The molecule has 0 bridgehead atoms. The summed E-state index contributed by atoms with van der Waals surface area (Å²) in [6.07, 6.45) is 9.06. The standard InChI is InChI=1S/C11H17N3O/c1-12-11(9-6-13-8-14-7-9)10-4-2-3-5-15-10/h6-8,10-12H,2-5H2,1H3. The molecule has 82 valence electrons. The highest BCUT2D eigenvalue weighted by Crippen LogP contribution is 2.25.